The highest BCUT2D eigenvalue weighted by atomic mass is 19.3. The van der Waals surface area contributed by atoms with E-state index in [1.165, 1.54) is 25.0 Å². The molecule has 6 nitrogen and oxygen atoms in total. The van der Waals surface area contributed by atoms with Gasteiger partial charge in [-0.05, 0) is 32.0 Å². The van der Waals surface area contributed by atoms with E-state index in [0.29, 0.717) is 12.2 Å². The summed E-state index contributed by atoms with van der Waals surface area (Å²) >= 11 is 0. The summed E-state index contributed by atoms with van der Waals surface area (Å²) in [6, 6.07) is 5.69. The lowest BCUT2D eigenvalue weighted by atomic mass is 9.94. The van der Waals surface area contributed by atoms with Crippen LogP contribution in [-0.2, 0) is 0 Å². The Bertz CT molecular complexity index is 630. The topological polar surface area (TPSA) is 56.8 Å². The normalized spacial score (nSPS) is 20.6. The second-order valence-corrected chi connectivity index (χ2v) is 7.44. The van der Waals surface area contributed by atoms with Crippen LogP contribution in [0.15, 0.2) is 24.3 Å². The second kappa shape index (κ2) is 8.84. The van der Waals surface area contributed by atoms with Crippen LogP contribution in [0.25, 0.3) is 0 Å². The van der Waals surface area contributed by atoms with Crippen molar-refractivity contribution in [3.8, 4) is 5.75 Å². The van der Waals surface area contributed by atoms with Gasteiger partial charge in [-0.25, -0.2) is 4.79 Å². The third-order valence-electron chi connectivity index (χ3n) is 5.60. The molecule has 0 unspecified atom stereocenters. The highest BCUT2D eigenvalue weighted by molar-refractivity contribution is 5.89. The fourth-order valence-electron chi connectivity index (χ4n) is 4.09. The quantitative estimate of drug-likeness (QED) is 0.794. The first-order chi connectivity index (χ1) is 13.0. The van der Waals surface area contributed by atoms with E-state index in [1.807, 2.05) is 0 Å². The van der Waals surface area contributed by atoms with E-state index in [9.17, 15) is 13.6 Å². The number of rotatable bonds is 6. The minimum absolute atomic E-state index is 0.0208. The summed E-state index contributed by atoms with van der Waals surface area (Å²) in [5.74, 6) is 0.0208. The molecule has 0 aromatic heterocycles. The molecule has 1 saturated heterocycles. The molecule has 2 aliphatic rings. The molecule has 0 atom stereocenters. The minimum Gasteiger partial charge on any atom is -0.435 e. The fraction of sp³-hybridized carbons (Fsp3) is 0.632. The van der Waals surface area contributed by atoms with Gasteiger partial charge < -0.3 is 20.3 Å². The molecular formula is C19H28F2N4O2. The largest absolute Gasteiger partial charge is 0.435 e. The molecule has 1 saturated carbocycles. The summed E-state index contributed by atoms with van der Waals surface area (Å²) in [7, 11) is 2.14. The summed E-state index contributed by atoms with van der Waals surface area (Å²) in [5, 5.41) is 5.69. The molecule has 1 aromatic rings. The van der Waals surface area contributed by atoms with E-state index < -0.39 is 6.61 Å². The van der Waals surface area contributed by atoms with E-state index in [1.54, 1.807) is 12.1 Å². The molecular weight excluding hydrogens is 354 g/mol. The molecule has 0 radical (unpaired) electrons. The Labute approximate surface area is 158 Å². The Morgan fingerprint density at radius 3 is 2.59 bits per heavy atom. The first-order valence-electron chi connectivity index (χ1n) is 9.50. The van der Waals surface area contributed by atoms with Gasteiger partial charge in [0, 0.05) is 50.0 Å². The number of benzene rings is 1. The Morgan fingerprint density at radius 1 is 1.22 bits per heavy atom. The van der Waals surface area contributed by atoms with Crippen molar-refractivity contribution in [1.82, 2.24) is 15.1 Å². The molecule has 1 aromatic carbocycles. The number of piperazine rings is 1. The molecule has 2 fully saturated rings. The average molecular weight is 382 g/mol. The number of anilines is 1. The van der Waals surface area contributed by atoms with Crippen LogP contribution in [0, 0.1) is 0 Å². The Hall–Kier alpha value is -1.93. The number of alkyl halides is 2. The molecule has 1 aliphatic carbocycles. The second-order valence-electron chi connectivity index (χ2n) is 7.44. The van der Waals surface area contributed by atoms with Crippen LogP contribution in [0.2, 0.25) is 0 Å². The molecule has 1 aliphatic heterocycles. The SMILES string of the molecule is CN1CCN(C2(CNC(=O)Nc3cccc(OC(F)F)c3)CCCC2)CC1. The van der Waals surface area contributed by atoms with E-state index in [2.05, 4.69) is 32.2 Å². The summed E-state index contributed by atoms with van der Waals surface area (Å²) in [6.07, 6.45) is 4.55. The molecule has 2 N–H and O–H groups in total. The maximum absolute atomic E-state index is 12.3. The lowest BCUT2D eigenvalue weighted by molar-refractivity contribution is -0.0497. The number of likely N-dealkylation sites (N-methyl/N-ethyl adjacent to an activating group) is 1. The van der Waals surface area contributed by atoms with Crippen LogP contribution in [0.4, 0.5) is 19.3 Å². The Kier molecular flexibility index (Phi) is 6.49. The van der Waals surface area contributed by atoms with Crippen molar-refractivity contribution in [2.45, 2.75) is 37.8 Å². The van der Waals surface area contributed by atoms with Crippen molar-refractivity contribution in [3.05, 3.63) is 24.3 Å². The van der Waals surface area contributed by atoms with E-state index in [-0.39, 0.29) is 17.3 Å². The number of urea groups is 1. The molecule has 0 spiro atoms. The summed E-state index contributed by atoms with van der Waals surface area (Å²) < 4.78 is 29.0. The molecule has 27 heavy (non-hydrogen) atoms. The number of hydrogen-bond acceptors (Lipinski definition) is 4. The van der Waals surface area contributed by atoms with Gasteiger partial charge in [-0.15, -0.1) is 0 Å². The number of nitrogens with one attached hydrogen (secondary N) is 2. The summed E-state index contributed by atoms with van der Waals surface area (Å²) in [4.78, 5) is 17.2. The lowest BCUT2D eigenvalue weighted by Gasteiger charge is -2.45. The average Bonchev–Trinajstić information content (AvgIpc) is 3.10. The highest BCUT2D eigenvalue weighted by Gasteiger charge is 2.40. The molecule has 2 amide bonds. The zero-order chi connectivity index (χ0) is 19.3. The predicted molar refractivity (Wildman–Crippen MR) is 100 cm³/mol. The summed E-state index contributed by atoms with van der Waals surface area (Å²) in [6.45, 7) is 1.84. The number of nitrogens with zero attached hydrogens (tertiary/aromatic N) is 2. The standard InChI is InChI=1S/C19H28F2N4O2/c1-24-9-11-25(12-10-24)19(7-2-3-8-19)14-22-18(26)23-15-5-4-6-16(13-15)27-17(20)21/h4-6,13,17H,2-3,7-12,14H2,1H3,(H2,22,23,26). The van der Waals surface area contributed by atoms with Gasteiger partial charge in [0.1, 0.15) is 5.75 Å². The van der Waals surface area contributed by atoms with Gasteiger partial charge in [0.25, 0.3) is 0 Å². The van der Waals surface area contributed by atoms with Crippen molar-refractivity contribution in [2.75, 3.05) is 45.1 Å². The van der Waals surface area contributed by atoms with Gasteiger partial charge >= 0.3 is 12.6 Å². The molecule has 8 heteroatoms. The number of amides is 2. The van der Waals surface area contributed by atoms with Gasteiger partial charge in [-0.2, -0.15) is 8.78 Å². The van der Waals surface area contributed by atoms with Gasteiger partial charge in [-0.3, -0.25) is 4.90 Å². The van der Waals surface area contributed by atoms with Crippen molar-refractivity contribution >= 4 is 11.7 Å². The van der Waals surface area contributed by atoms with Crippen LogP contribution in [0.3, 0.4) is 0 Å². The van der Waals surface area contributed by atoms with E-state index >= 15 is 0 Å². The van der Waals surface area contributed by atoms with Gasteiger partial charge in [0.05, 0.1) is 0 Å². The van der Waals surface area contributed by atoms with Crippen molar-refractivity contribution < 1.29 is 18.3 Å². The van der Waals surface area contributed by atoms with Crippen LogP contribution < -0.4 is 15.4 Å². The van der Waals surface area contributed by atoms with Gasteiger partial charge in [0.15, 0.2) is 0 Å². The van der Waals surface area contributed by atoms with E-state index in [0.717, 1.165) is 39.0 Å². The molecule has 150 valence electrons. The number of hydrogen-bond donors (Lipinski definition) is 2. The Morgan fingerprint density at radius 2 is 1.93 bits per heavy atom. The zero-order valence-electron chi connectivity index (χ0n) is 15.7. The zero-order valence-corrected chi connectivity index (χ0v) is 15.7. The van der Waals surface area contributed by atoms with Gasteiger partial charge in [-0.1, -0.05) is 18.9 Å². The molecule has 1 heterocycles. The lowest BCUT2D eigenvalue weighted by Crippen LogP contribution is -2.59. The van der Waals surface area contributed by atoms with Gasteiger partial charge in [0.2, 0.25) is 0 Å². The summed E-state index contributed by atoms with van der Waals surface area (Å²) in [5.41, 5.74) is 0.449. The fourth-order valence-corrected chi connectivity index (χ4v) is 4.09. The number of carbonyl (C=O) groups excluding carboxylic acids is 1. The predicted octanol–water partition coefficient (Wildman–Crippen LogP) is 2.97. The molecule has 3 rings (SSSR count). The maximum atomic E-state index is 12.3. The monoisotopic (exact) mass is 382 g/mol. The molecule has 0 bridgehead atoms. The van der Waals surface area contributed by atoms with Crippen molar-refractivity contribution in [2.24, 2.45) is 0 Å². The maximum Gasteiger partial charge on any atom is 0.387 e. The van der Waals surface area contributed by atoms with Crippen LogP contribution in [0.5, 0.6) is 5.75 Å². The number of halogens is 2. The first kappa shape index (κ1) is 19.8. The number of carbonyl (C=O) groups is 1. The highest BCUT2D eigenvalue weighted by Crippen LogP contribution is 2.35. The van der Waals surface area contributed by atoms with Crippen LogP contribution in [0.1, 0.15) is 25.7 Å². The van der Waals surface area contributed by atoms with Crippen LogP contribution >= 0.6 is 0 Å². The third kappa shape index (κ3) is 5.29. The third-order valence-corrected chi connectivity index (χ3v) is 5.60. The van der Waals surface area contributed by atoms with Crippen LogP contribution in [-0.4, -0.2) is 67.8 Å². The minimum atomic E-state index is -2.89. The van der Waals surface area contributed by atoms with E-state index in [4.69, 9.17) is 0 Å². The van der Waals surface area contributed by atoms with Crippen molar-refractivity contribution in [1.29, 1.82) is 0 Å². The Balaban J connectivity index is 1.55. The first-order valence-corrected chi connectivity index (χ1v) is 9.50. The van der Waals surface area contributed by atoms with Crippen molar-refractivity contribution in [3.63, 3.8) is 0 Å². The number of ether oxygens (including phenoxy) is 1. The smallest absolute Gasteiger partial charge is 0.387 e.